The summed E-state index contributed by atoms with van der Waals surface area (Å²) in [6.07, 6.45) is 1.71. The first-order chi connectivity index (χ1) is 13.0. The molecule has 0 aromatic carbocycles. The fraction of sp³-hybridized carbons (Fsp3) is 0.263. The first-order valence-electron chi connectivity index (χ1n) is 8.71. The number of hydrogen-bond acceptors (Lipinski definition) is 6. The van der Waals surface area contributed by atoms with Gasteiger partial charge in [0.2, 0.25) is 5.82 Å². The molecule has 0 aliphatic rings. The minimum Gasteiger partial charge on any atom is -0.456 e. The fourth-order valence-corrected chi connectivity index (χ4v) is 4.31. The molecule has 0 bridgehead atoms. The van der Waals surface area contributed by atoms with Crippen molar-refractivity contribution in [1.29, 1.82) is 0 Å². The molecule has 136 valence electrons. The maximum absolute atomic E-state index is 6.00. The molecule has 0 saturated carbocycles. The van der Waals surface area contributed by atoms with Gasteiger partial charge < -0.3 is 4.42 Å². The average Bonchev–Trinajstić information content (AvgIpc) is 3.36. The van der Waals surface area contributed by atoms with Crippen LogP contribution in [0.15, 0.2) is 28.9 Å². The number of nitrogens with zero attached hydrogens (tertiary/aromatic N) is 6. The first-order valence-corrected chi connectivity index (χ1v) is 9.52. The maximum Gasteiger partial charge on any atom is 0.217 e. The Kier molecular flexibility index (Phi) is 3.45. The van der Waals surface area contributed by atoms with Crippen LogP contribution in [0.1, 0.15) is 27.6 Å². The molecule has 0 fully saturated rings. The Morgan fingerprint density at radius 2 is 1.96 bits per heavy atom. The van der Waals surface area contributed by atoms with Crippen LogP contribution >= 0.6 is 11.3 Å². The number of rotatable bonds is 3. The van der Waals surface area contributed by atoms with Gasteiger partial charge >= 0.3 is 0 Å². The van der Waals surface area contributed by atoms with E-state index in [0.717, 1.165) is 33.0 Å². The number of furan rings is 1. The summed E-state index contributed by atoms with van der Waals surface area (Å²) in [5.74, 6) is 2.03. The van der Waals surface area contributed by atoms with Crippen LogP contribution < -0.4 is 0 Å². The minimum atomic E-state index is 0.562. The topological polar surface area (TPSA) is 74.0 Å². The molecule has 27 heavy (non-hydrogen) atoms. The Labute approximate surface area is 159 Å². The average molecular weight is 378 g/mol. The minimum absolute atomic E-state index is 0.562. The van der Waals surface area contributed by atoms with E-state index in [4.69, 9.17) is 9.40 Å². The molecule has 0 unspecified atom stereocenters. The summed E-state index contributed by atoms with van der Waals surface area (Å²) in [6, 6.07) is 5.91. The third-order valence-electron chi connectivity index (χ3n) is 4.80. The standard InChI is InChI=1S/C19H18N6OS/c1-10-7-11(2)24(22-10)8-14-5-6-15(26-14)17-21-18-16-12(3)13(4)27-19(16)20-9-25(18)23-17/h5-7,9H,8H2,1-4H3. The molecule has 5 aromatic rings. The van der Waals surface area contributed by atoms with Gasteiger partial charge in [-0.2, -0.15) is 5.10 Å². The van der Waals surface area contributed by atoms with Crippen molar-refractivity contribution >= 4 is 27.2 Å². The van der Waals surface area contributed by atoms with Crippen LogP contribution in [0.5, 0.6) is 0 Å². The second-order valence-electron chi connectivity index (χ2n) is 6.76. The fourth-order valence-electron chi connectivity index (χ4n) is 3.31. The summed E-state index contributed by atoms with van der Waals surface area (Å²) in [5, 5.41) is 10.1. The van der Waals surface area contributed by atoms with Crippen molar-refractivity contribution in [2.75, 3.05) is 0 Å². The van der Waals surface area contributed by atoms with Crippen molar-refractivity contribution in [2.45, 2.75) is 34.2 Å². The van der Waals surface area contributed by atoms with Gasteiger partial charge in [-0.15, -0.1) is 16.4 Å². The highest BCUT2D eigenvalue weighted by molar-refractivity contribution is 7.18. The van der Waals surface area contributed by atoms with Crippen molar-refractivity contribution < 1.29 is 4.42 Å². The van der Waals surface area contributed by atoms with Gasteiger partial charge in [0.05, 0.1) is 17.6 Å². The smallest absolute Gasteiger partial charge is 0.217 e. The number of aromatic nitrogens is 6. The van der Waals surface area contributed by atoms with Gasteiger partial charge in [0.25, 0.3) is 0 Å². The third-order valence-corrected chi connectivity index (χ3v) is 5.91. The Hall–Kier alpha value is -3.00. The normalized spacial score (nSPS) is 11.9. The van der Waals surface area contributed by atoms with Gasteiger partial charge in [0, 0.05) is 10.6 Å². The molecule has 5 heterocycles. The highest BCUT2D eigenvalue weighted by Crippen LogP contribution is 2.31. The van der Waals surface area contributed by atoms with Crippen LogP contribution in [0.25, 0.3) is 27.4 Å². The maximum atomic E-state index is 6.00. The van der Waals surface area contributed by atoms with Crippen LogP contribution in [0.4, 0.5) is 0 Å². The predicted octanol–water partition coefficient (Wildman–Crippen LogP) is 4.08. The highest BCUT2D eigenvalue weighted by Gasteiger charge is 2.17. The van der Waals surface area contributed by atoms with Gasteiger partial charge in [0.15, 0.2) is 11.4 Å². The third kappa shape index (κ3) is 2.56. The van der Waals surface area contributed by atoms with Crippen LogP contribution in [0.3, 0.4) is 0 Å². The van der Waals surface area contributed by atoms with Gasteiger partial charge in [0.1, 0.15) is 16.9 Å². The van der Waals surface area contributed by atoms with E-state index in [9.17, 15) is 0 Å². The molecule has 0 N–H and O–H groups in total. The Bertz CT molecular complexity index is 1300. The van der Waals surface area contributed by atoms with Crippen LogP contribution in [0.2, 0.25) is 0 Å². The van der Waals surface area contributed by atoms with Crippen LogP contribution in [-0.4, -0.2) is 29.4 Å². The van der Waals surface area contributed by atoms with E-state index in [1.807, 2.05) is 30.7 Å². The zero-order valence-electron chi connectivity index (χ0n) is 15.5. The number of aryl methyl sites for hydroxylation is 4. The van der Waals surface area contributed by atoms with E-state index < -0.39 is 0 Å². The molecule has 0 atom stereocenters. The molecule has 5 rings (SSSR count). The molecule has 5 aromatic heterocycles. The lowest BCUT2D eigenvalue weighted by atomic mass is 10.2. The lowest BCUT2D eigenvalue weighted by Crippen LogP contribution is -2.02. The lowest BCUT2D eigenvalue weighted by molar-refractivity contribution is 0.483. The zero-order chi connectivity index (χ0) is 18.7. The van der Waals surface area contributed by atoms with E-state index in [2.05, 4.69) is 35.1 Å². The van der Waals surface area contributed by atoms with Gasteiger partial charge in [-0.25, -0.2) is 14.5 Å². The molecule has 7 nitrogen and oxygen atoms in total. The summed E-state index contributed by atoms with van der Waals surface area (Å²) < 4.78 is 9.65. The summed E-state index contributed by atoms with van der Waals surface area (Å²) in [7, 11) is 0. The molecular formula is C19H18N6OS. The summed E-state index contributed by atoms with van der Waals surface area (Å²) in [5.41, 5.74) is 4.12. The van der Waals surface area contributed by atoms with E-state index in [-0.39, 0.29) is 0 Å². The summed E-state index contributed by atoms with van der Waals surface area (Å²) in [4.78, 5) is 11.5. The predicted molar refractivity (Wildman–Crippen MR) is 104 cm³/mol. The van der Waals surface area contributed by atoms with E-state index in [1.165, 1.54) is 10.4 Å². The largest absolute Gasteiger partial charge is 0.456 e. The van der Waals surface area contributed by atoms with Gasteiger partial charge in [-0.05, 0) is 51.5 Å². The molecule has 0 aliphatic heterocycles. The molecule has 0 amide bonds. The molecular weight excluding hydrogens is 360 g/mol. The van der Waals surface area contributed by atoms with Crippen LogP contribution in [0, 0.1) is 27.7 Å². The second-order valence-corrected chi connectivity index (χ2v) is 7.97. The molecule has 0 radical (unpaired) electrons. The van der Waals surface area contributed by atoms with Crippen molar-refractivity contribution in [2.24, 2.45) is 0 Å². The Balaban J connectivity index is 1.55. The zero-order valence-corrected chi connectivity index (χ0v) is 16.3. The van der Waals surface area contributed by atoms with E-state index in [0.29, 0.717) is 18.1 Å². The van der Waals surface area contributed by atoms with Crippen molar-refractivity contribution in [3.05, 3.63) is 52.1 Å². The molecule has 0 spiro atoms. The Morgan fingerprint density at radius 1 is 1.11 bits per heavy atom. The molecule has 0 saturated heterocycles. The van der Waals surface area contributed by atoms with Crippen molar-refractivity contribution in [3.8, 4) is 11.6 Å². The highest BCUT2D eigenvalue weighted by atomic mass is 32.1. The van der Waals surface area contributed by atoms with Crippen LogP contribution in [-0.2, 0) is 6.54 Å². The number of hydrogen-bond donors (Lipinski definition) is 0. The van der Waals surface area contributed by atoms with E-state index >= 15 is 0 Å². The van der Waals surface area contributed by atoms with Crippen molar-refractivity contribution in [1.82, 2.24) is 29.4 Å². The lowest BCUT2D eigenvalue weighted by Gasteiger charge is -2.00. The van der Waals surface area contributed by atoms with Gasteiger partial charge in [-0.1, -0.05) is 0 Å². The summed E-state index contributed by atoms with van der Waals surface area (Å²) >= 11 is 1.68. The van der Waals surface area contributed by atoms with Gasteiger partial charge in [-0.3, -0.25) is 4.68 Å². The first kappa shape index (κ1) is 16.2. The monoisotopic (exact) mass is 378 g/mol. The molecule has 8 heteroatoms. The number of thiophene rings is 1. The second kappa shape index (κ2) is 5.75. The number of fused-ring (bicyclic) bond motifs is 3. The Morgan fingerprint density at radius 3 is 2.74 bits per heavy atom. The van der Waals surface area contributed by atoms with Crippen molar-refractivity contribution in [3.63, 3.8) is 0 Å². The SMILES string of the molecule is Cc1cc(C)n(Cc2ccc(-c3nc4c5c(C)c(C)sc5ncn4n3)o2)n1. The summed E-state index contributed by atoms with van der Waals surface area (Å²) in [6.45, 7) is 8.82. The quantitative estimate of drug-likeness (QED) is 0.473. The molecule has 0 aliphatic carbocycles. The van der Waals surface area contributed by atoms with E-state index in [1.54, 1.807) is 22.2 Å².